The first-order valence-electron chi connectivity index (χ1n) is 6.47. The number of aliphatic hydroxyl groups excluding tert-OH is 1. The number of aliphatic hydroxyl groups is 1. The molecular weight excluding hydrogens is 236 g/mol. The summed E-state index contributed by atoms with van der Waals surface area (Å²) in [7, 11) is 0. The summed E-state index contributed by atoms with van der Waals surface area (Å²) in [5.41, 5.74) is 0.501. The second-order valence-electron chi connectivity index (χ2n) is 5.02. The molecule has 0 spiro atoms. The van der Waals surface area contributed by atoms with Gasteiger partial charge in [0.1, 0.15) is 11.6 Å². The minimum Gasteiger partial charge on any atom is -0.396 e. The zero-order chi connectivity index (χ0) is 13.0. The van der Waals surface area contributed by atoms with Crippen LogP contribution < -0.4 is 5.32 Å². The zero-order valence-corrected chi connectivity index (χ0v) is 10.3. The van der Waals surface area contributed by atoms with E-state index in [4.69, 9.17) is 5.11 Å². The lowest BCUT2D eigenvalue weighted by molar-refractivity contribution is 0.175. The maximum Gasteiger partial charge on any atom is 0.130 e. The number of rotatable bonds is 4. The van der Waals surface area contributed by atoms with Crippen LogP contribution in [-0.4, -0.2) is 17.8 Å². The number of hydrogen-bond acceptors (Lipinski definition) is 2. The first-order chi connectivity index (χ1) is 8.69. The van der Waals surface area contributed by atoms with E-state index >= 15 is 0 Å². The first-order valence-corrected chi connectivity index (χ1v) is 6.47. The lowest BCUT2D eigenvalue weighted by Crippen LogP contribution is -2.33. The molecule has 2 nitrogen and oxygen atoms in total. The molecular formula is C14H19F2NO. The van der Waals surface area contributed by atoms with Crippen molar-refractivity contribution in [2.45, 2.75) is 38.3 Å². The summed E-state index contributed by atoms with van der Waals surface area (Å²) in [6.07, 6.45) is 4.04. The van der Waals surface area contributed by atoms with E-state index in [1.165, 1.54) is 12.1 Å². The van der Waals surface area contributed by atoms with Crippen LogP contribution in [0.5, 0.6) is 0 Å². The van der Waals surface area contributed by atoms with Crippen LogP contribution in [0.2, 0.25) is 0 Å². The molecule has 0 atom stereocenters. The average Bonchev–Trinajstić information content (AvgIpc) is 2.38. The normalized spacial score (nSPS) is 24.2. The number of benzene rings is 1. The Bertz CT molecular complexity index is 389. The van der Waals surface area contributed by atoms with Gasteiger partial charge in [0.15, 0.2) is 0 Å². The fourth-order valence-electron chi connectivity index (χ4n) is 2.47. The van der Waals surface area contributed by atoms with Gasteiger partial charge in [-0.2, -0.15) is 0 Å². The van der Waals surface area contributed by atoms with E-state index in [1.807, 2.05) is 0 Å². The van der Waals surface area contributed by atoms with E-state index in [0.717, 1.165) is 31.7 Å². The molecule has 1 aromatic carbocycles. The summed E-state index contributed by atoms with van der Waals surface area (Å²) in [6.45, 7) is 0.694. The van der Waals surface area contributed by atoms with Crippen molar-refractivity contribution in [3.8, 4) is 0 Å². The minimum absolute atomic E-state index is 0.263. The smallest absolute Gasteiger partial charge is 0.130 e. The van der Waals surface area contributed by atoms with Gasteiger partial charge in [0.25, 0.3) is 0 Å². The Morgan fingerprint density at radius 1 is 1.17 bits per heavy atom. The highest BCUT2D eigenvalue weighted by molar-refractivity contribution is 5.18. The van der Waals surface area contributed by atoms with Gasteiger partial charge in [-0.25, -0.2) is 8.78 Å². The first kappa shape index (κ1) is 13.4. The molecule has 2 rings (SSSR count). The highest BCUT2D eigenvalue weighted by Crippen LogP contribution is 2.24. The van der Waals surface area contributed by atoms with Crippen molar-refractivity contribution in [3.63, 3.8) is 0 Å². The van der Waals surface area contributed by atoms with Gasteiger partial charge < -0.3 is 10.4 Å². The van der Waals surface area contributed by atoms with E-state index < -0.39 is 11.6 Å². The van der Waals surface area contributed by atoms with Gasteiger partial charge in [-0.3, -0.25) is 0 Å². The van der Waals surface area contributed by atoms with Gasteiger partial charge in [-0.15, -0.1) is 0 Å². The molecule has 0 radical (unpaired) electrons. The molecule has 1 aromatic rings. The molecule has 0 bridgehead atoms. The summed E-state index contributed by atoms with van der Waals surface area (Å²) < 4.78 is 26.1. The maximum atomic E-state index is 13.4. The molecule has 1 aliphatic rings. The second kappa shape index (κ2) is 6.25. The van der Waals surface area contributed by atoms with Crippen LogP contribution in [0.1, 0.15) is 31.2 Å². The minimum atomic E-state index is -0.542. The average molecular weight is 255 g/mol. The molecule has 0 aliphatic heterocycles. The van der Waals surface area contributed by atoms with E-state index in [1.54, 1.807) is 0 Å². The number of halogens is 2. The molecule has 4 heteroatoms. The van der Waals surface area contributed by atoms with Crippen LogP contribution in [0.4, 0.5) is 8.78 Å². The quantitative estimate of drug-likeness (QED) is 0.866. The lowest BCUT2D eigenvalue weighted by Gasteiger charge is -2.28. The maximum absolute atomic E-state index is 13.4. The Balaban J connectivity index is 1.81. The van der Waals surface area contributed by atoms with Gasteiger partial charge in [-0.1, -0.05) is 6.07 Å². The van der Waals surface area contributed by atoms with Crippen molar-refractivity contribution in [2.75, 3.05) is 6.61 Å². The fourth-order valence-corrected chi connectivity index (χ4v) is 2.47. The van der Waals surface area contributed by atoms with Crippen LogP contribution in [0.3, 0.4) is 0 Å². The second-order valence-corrected chi connectivity index (χ2v) is 5.02. The van der Waals surface area contributed by atoms with Crippen molar-refractivity contribution in [3.05, 3.63) is 35.4 Å². The summed E-state index contributed by atoms with van der Waals surface area (Å²) in [4.78, 5) is 0. The van der Waals surface area contributed by atoms with Crippen LogP contribution in [-0.2, 0) is 6.54 Å². The molecule has 1 aliphatic carbocycles. The van der Waals surface area contributed by atoms with E-state index in [-0.39, 0.29) is 6.61 Å². The Morgan fingerprint density at radius 3 is 2.50 bits per heavy atom. The molecule has 0 saturated heterocycles. The molecule has 18 heavy (non-hydrogen) atoms. The number of nitrogens with one attached hydrogen (secondary N) is 1. The fraction of sp³-hybridized carbons (Fsp3) is 0.571. The van der Waals surface area contributed by atoms with E-state index in [2.05, 4.69) is 5.32 Å². The van der Waals surface area contributed by atoms with Crippen LogP contribution >= 0.6 is 0 Å². The Labute approximate surface area is 106 Å². The van der Waals surface area contributed by atoms with Crippen LogP contribution in [0, 0.1) is 17.6 Å². The summed E-state index contributed by atoms with van der Waals surface area (Å²) >= 11 is 0. The van der Waals surface area contributed by atoms with Gasteiger partial charge in [-0.05, 0) is 37.7 Å². The lowest BCUT2D eigenvalue weighted by atomic mass is 9.86. The molecule has 1 saturated carbocycles. The molecule has 0 amide bonds. The highest BCUT2D eigenvalue weighted by Gasteiger charge is 2.20. The summed E-state index contributed by atoms with van der Waals surface area (Å²) in [6, 6.07) is 4.05. The van der Waals surface area contributed by atoms with Gasteiger partial charge in [0.2, 0.25) is 0 Å². The van der Waals surface area contributed by atoms with E-state index in [9.17, 15) is 8.78 Å². The van der Waals surface area contributed by atoms with Gasteiger partial charge in [0.05, 0.1) is 0 Å². The van der Waals surface area contributed by atoms with Crippen molar-refractivity contribution in [1.29, 1.82) is 0 Å². The van der Waals surface area contributed by atoms with Gasteiger partial charge >= 0.3 is 0 Å². The molecule has 0 aromatic heterocycles. The third-order valence-corrected chi connectivity index (χ3v) is 3.70. The third-order valence-electron chi connectivity index (χ3n) is 3.70. The van der Waals surface area contributed by atoms with Crippen LogP contribution in [0.25, 0.3) is 0 Å². The Morgan fingerprint density at radius 2 is 1.89 bits per heavy atom. The summed E-state index contributed by atoms with van der Waals surface area (Å²) in [5.74, 6) is -0.614. The Kier molecular flexibility index (Phi) is 4.66. The number of hydrogen-bond donors (Lipinski definition) is 2. The molecule has 0 heterocycles. The van der Waals surface area contributed by atoms with E-state index in [0.29, 0.717) is 24.1 Å². The zero-order valence-electron chi connectivity index (χ0n) is 10.3. The molecule has 2 N–H and O–H groups in total. The third kappa shape index (κ3) is 3.50. The molecule has 0 unspecified atom stereocenters. The molecule has 100 valence electrons. The van der Waals surface area contributed by atoms with Crippen molar-refractivity contribution in [1.82, 2.24) is 5.32 Å². The van der Waals surface area contributed by atoms with Gasteiger partial charge in [0, 0.05) is 30.8 Å². The van der Waals surface area contributed by atoms with Crippen molar-refractivity contribution in [2.24, 2.45) is 5.92 Å². The molecule has 1 fully saturated rings. The highest BCUT2D eigenvalue weighted by atomic mass is 19.1. The predicted molar refractivity (Wildman–Crippen MR) is 66.0 cm³/mol. The van der Waals surface area contributed by atoms with Crippen LogP contribution in [0.15, 0.2) is 18.2 Å². The van der Waals surface area contributed by atoms with Crippen molar-refractivity contribution < 1.29 is 13.9 Å². The largest absolute Gasteiger partial charge is 0.396 e. The standard InChI is InChI=1S/C14H19F2NO/c15-12-4-3-11(14(16)7-12)8-17-13-5-1-10(9-18)2-6-13/h3-4,7,10,13,17-18H,1-2,5-6,8-9H2. The van der Waals surface area contributed by atoms with Crippen molar-refractivity contribution >= 4 is 0 Å². The monoisotopic (exact) mass is 255 g/mol. The predicted octanol–water partition coefficient (Wildman–Crippen LogP) is 2.61. The topological polar surface area (TPSA) is 32.3 Å². The Hall–Kier alpha value is -1.00. The summed E-state index contributed by atoms with van der Waals surface area (Å²) in [5, 5.41) is 12.3. The SMILES string of the molecule is OCC1CCC(NCc2ccc(F)cc2F)CC1.